The topological polar surface area (TPSA) is 52.3 Å². The predicted molar refractivity (Wildman–Crippen MR) is 74.7 cm³/mol. The predicted octanol–water partition coefficient (Wildman–Crippen LogP) is 3.70. The lowest BCUT2D eigenvalue weighted by Gasteiger charge is -2.38. The zero-order valence-electron chi connectivity index (χ0n) is 11.2. The highest BCUT2D eigenvalue weighted by atomic mass is 32.1. The van der Waals surface area contributed by atoms with Gasteiger partial charge in [0.2, 0.25) is 0 Å². The molecule has 0 radical (unpaired) electrons. The van der Waals surface area contributed by atoms with Crippen LogP contribution in [0.15, 0.2) is 11.4 Å². The monoisotopic (exact) mass is 267 g/mol. The summed E-state index contributed by atoms with van der Waals surface area (Å²) < 4.78 is 5.61. The van der Waals surface area contributed by atoms with E-state index in [0.29, 0.717) is 16.5 Å². The number of nitrogens with two attached hydrogens (primary N) is 1. The summed E-state index contributed by atoms with van der Waals surface area (Å²) in [4.78, 5) is 12.6. The van der Waals surface area contributed by atoms with E-state index in [4.69, 9.17) is 10.5 Å². The molecule has 0 saturated heterocycles. The van der Waals surface area contributed by atoms with Gasteiger partial charge in [0.05, 0.1) is 5.69 Å². The molecule has 1 aliphatic carbocycles. The Morgan fingerprint density at radius 1 is 1.50 bits per heavy atom. The summed E-state index contributed by atoms with van der Waals surface area (Å²) in [6.45, 7) is 6.70. The van der Waals surface area contributed by atoms with Crippen molar-refractivity contribution in [2.75, 3.05) is 5.73 Å². The molecule has 100 valence electrons. The molecular weight excluding hydrogens is 246 g/mol. The molecule has 1 aromatic heterocycles. The van der Waals surface area contributed by atoms with Crippen molar-refractivity contribution >= 4 is 23.0 Å². The van der Waals surface area contributed by atoms with Gasteiger partial charge in [-0.2, -0.15) is 0 Å². The van der Waals surface area contributed by atoms with Crippen molar-refractivity contribution in [1.82, 2.24) is 0 Å². The van der Waals surface area contributed by atoms with Crippen LogP contribution in [0.4, 0.5) is 5.69 Å². The number of carbonyl (C=O) groups excluding carboxylic acids is 1. The molecule has 2 N–H and O–H groups in total. The van der Waals surface area contributed by atoms with Gasteiger partial charge in [0.25, 0.3) is 0 Å². The molecule has 2 rings (SSSR count). The quantitative estimate of drug-likeness (QED) is 0.831. The van der Waals surface area contributed by atoms with Crippen molar-refractivity contribution in [3.63, 3.8) is 0 Å². The van der Waals surface area contributed by atoms with E-state index in [2.05, 4.69) is 20.8 Å². The lowest BCUT2D eigenvalue weighted by Crippen LogP contribution is -2.33. The summed E-state index contributed by atoms with van der Waals surface area (Å²) >= 11 is 1.35. The van der Waals surface area contributed by atoms with Crippen molar-refractivity contribution < 1.29 is 9.53 Å². The third-order valence-corrected chi connectivity index (χ3v) is 4.41. The van der Waals surface area contributed by atoms with Crippen molar-refractivity contribution in [2.24, 2.45) is 11.3 Å². The highest BCUT2D eigenvalue weighted by Gasteiger charge is 2.34. The first kappa shape index (κ1) is 13.4. The summed E-state index contributed by atoms with van der Waals surface area (Å²) in [6.07, 6.45) is 3.12. The Balaban J connectivity index is 2.01. The van der Waals surface area contributed by atoms with Gasteiger partial charge in [-0.15, -0.1) is 11.3 Å². The molecule has 0 aliphatic heterocycles. The number of esters is 1. The van der Waals surface area contributed by atoms with Gasteiger partial charge < -0.3 is 10.5 Å². The Morgan fingerprint density at radius 2 is 2.22 bits per heavy atom. The molecule has 1 heterocycles. The number of anilines is 1. The number of nitrogen functional groups attached to an aromatic ring is 1. The minimum Gasteiger partial charge on any atom is -0.458 e. The first-order chi connectivity index (χ1) is 8.37. The summed E-state index contributed by atoms with van der Waals surface area (Å²) in [5.74, 6) is 0.338. The Labute approximate surface area is 112 Å². The molecule has 0 bridgehead atoms. The zero-order valence-corrected chi connectivity index (χ0v) is 12.0. The van der Waals surface area contributed by atoms with Gasteiger partial charge in [0.1, 0.15) is 11.0 Å². The van der Waals surface area contributed by atoms with Crippen LogP contribution >= 0.6 is 11.3 Å². The standard InChI is InChI=1S/C14H21NO2S/c1-9-6-10(8-14(2,3)7-9)17-13(16)12-11(15)4-5-18-12/h4-5,9-10H,6-8,15H2,1-3H3. The number of thiophene rings is 1. The van der Waals surface area contributed by atoms with E-state index >= 15 is 0 Å². The van der Waals surface area contributed by atoms with Gasteiger partial charge in [-0.25, -0.2) is 4.79 Å². The lowest BCUT2D eigenvalue weighted by molar-refractivity contribution is -0.00661. The average molecular weight is 267 g/mol. The molecule has 0 amide bonds. The largest absolute Gasteiger partial charge is 0.458 e. The van der Waals surface area contributed by atoms with Gasteiger partial charge in [-0.3, -0.25) is 0 Å². The molecule has 1 saturated carbocycles. The van der Waals surface area contributed by atoms with E-state index in [1.165, 1.54) is 17.8 Å². The van der Waals surface area contributed by atoms with E-state index in [9.17, 15) is 4.79 Å². The van der Waals surface area contributed by atoms with Crippen LogP contribution in [0.3, 0.4) is 0 Å². The molecule has 1 aromatic rings. The maximum Gasteiger partial charge on any atom is 0.350 e. The Hall–Kier alpha value is -1.03. The van der Waals surface area contributed by atoms with Crippen molar-refractivity contribution in [1.29, 1.82) is 0 Å². The van der Waals surface area contributed by atoms with Crippen molar-refractivity contribution in [3.05, 3.63) is 16.3 Å². The van der Waals surface area contributed by atoms with Crippen LogP contribution in [0.2, 0.25) is 0 Å². The van der Waals surface area contributed by atoms with Crippen molar-refractivity contribution in [2.45, 2.75) is 46.1 Å². The van der Waals surface area contributed by atoms with Gasteiger partial charge >= 0.3 is 5.97 Å². The van der Waals surface area contributed by atoms with E-state index in [1.54, 1.807) is 6.07 Å². The molecule has 2 unspecified atom stereocenters. The molecule has 1 aliphatic rings. The fourth-order valence-corrected chi connectivity index (χ4v) is 3.74. The second kappa shape index (κ2) is 4.92. The van der Waals surface area contributed by atoms with Gasteiger partial charge in [-0.1, -0.05) is 20.8 Å². The number of carbonyl (C=O) groups is 1. The van der Waals surface area contributed by atoms with E-state index in [0.717, 1.165) is 12.8 Å². The summed E-state index contributed by atoms with van der Waals surface area (Å²) in [6, 6.07) is 1.74. The van der Waals surface area contributed by atoms with Crippen LogP contribution in [0.1, 0.15) is 49.7 Å². The van der Waals surface area contributed by atoms with E-state index in [1.807, 2.05) is 5.38 Å². The van der Waals surface area contributed by atoms with Crippen LogP contribution in [0, 0.1) is 11.3 Å². The zero-order chi connectivity index (χ0) is 13.3. The second-order valence-corrected chi connectivity index (χ2v) is 7.06. The Kier molecular flexibility index (Phi) is 3.66. The molecular formula is C14H21NO2S. The third-order valence-electron chi connectivity index (χ3n) is 3.50. The Morgan fingerprint density at radius 3 is 2.78 bits per heavy atom. The fourth-order valence-electron chi connectivity index (χ4n) is 3.04. The van der Waals surface area contributed by atoms with Gasteiger partial charge in [0, 0.05) is 0 Å². The molecule has 4 heteroatoms. The number of hydrogen-bond acceptors (Lipinski definition) is 4. The number of hydrogen-bond donors (Lipinski definition) is 1. The Bertz CT molecular complexity index is 439. The highest BCUT2D eigenvalue weighted by Crippen LogP contribution is 2.40. The molecule has 18 heavy (non-hydrogen) atoms. The first-order valence-electron chi connectivity index (χ1n) is 6.41. The van der Waals surface area contributed by atoms with Gasteiger partial charge in [-0.05, 0) is 42.0 Å². The first-order valence-corrected chi connectivity index (χ1v) is 7.29. The number of ether oxygens (including phenoxy) is 1. The maximum atomic E-state index is 12.0. The smallest absolute Gasteiger partial charge is 0.350 e. The number of rotatable bonds is 2. The minimum atomic E-state index is -0.266. The van der Waals surface area contributed by atoms with Crippen LogP contribution < -0.4 is 5.73 Å². The molecule has 3 nitrogen and oxygen atoms in total. The average Bonchev–Trinajstić information content (AvgIpc) is 2.60. The molecule has 1 fully saturated rings. The van der Waals surface area contributed by atoms with Crippen LogP contribution in [0.5, 0.6) is 0 Å². The minimum absolute atomic E-state index is 0.0257. The van der Waals surface area contributed by atoms with Crippen LogP contribution in [0.25, 0.3) is 0 Å². The maximum absolute atomic E-state index is 12.0. The third kappa shape index (κ3) is 3.05. The summed E-state index contributed by atoms with van der Waals surface area (Å²) in [5, 5.41) is 1.82. The van der Waals surface area contributed by atoms with Crippen molar-refractivity contribution in [3.8, 4) is 0 Å². The van der Waals surface area contributed by atoms with E-state index < -0.39 is 0 Å². The summed E-state index contributed by atoms with van der Waals surface area (Å²) in [5.41, 5.74) is 6.51. The fraction of sp³-hybridized carbons (Fsp3) is 0.643. The molecule has 0 spiro atoms. The SMILES string of the molecule is CC1CC(OC(=O)c2sccc2N)CC(C)(C)C1. The van der Waals surface area contributed by atoms with Gasteiger partial charge in [0.15, 0.2) is 0 Å². The normalized spacial score (nSPS) is 26.8. The van der Waals surface area contributed by atoms with E-state index in [-0.39, 0.29) is 17.5 Å². The summed E-state index contributed by atoms with van der Waals surface area (Å²) in [7, 11) is 0. The molecule has 0 aromatic carbocycles. The lowest BCUT2D eigenvalue weighted by atomic mass is 9.71. The van der Waals surface area contributed by atoms with Crippen LogP contribution in [-0.2, 0) is 4.74 Å². The van der Waals surface area contributed by atoms with Crippen LogP contribution in [-0.4, -0.2) is 12.1 Å². The second-order valence-electron chi connectivity index (χ2n) is 6.15. The molecule has 2 atom stereocenters. The highest BCUT2D eigenvalue weighted by molar-refractivity contribution is 7.12.